The highest BCUT2D eigenvalue weighted by Gasteiger charge is 2.36. The predicted molar refractivity (Wildman–Crippen MR) is 97.9 cm³/mol. The molecule has 130 valence electrons. The molecule has 1 amide bonds. The van der Waals surface area contributed by atoms with Crippen LogP contribution in [0.25, 0.3) is 16.7 Å². The van der Waals surface area contributed by atoms with Gasteiger partial charge >= 0.3 is 0 Å². The number of carbonyl (C=O) groups excluding carboxylic acids is 1. The van der Waals surface area contributed by atoms with Crippen molar-refractivity contribution in [2.45, 2.75) is 38.1 Å². The number of nitrogens with zero attached hydrogens (tertiary/aromatic N) is 4. The molecule has 0 bridgehead atoms. The fourth-order valence-corrected chi connectivity index (χ4v) is 3.54. The molecule has 6 nitrogen and oxygen atoms in total. The Bertz CT molecular complexity index is 1010. The van der Waals surface area contributed by atoms with Crippen molar-refractivity contribution in [1.82, 2.24) is 20.1 Å². The summed E-state index contributed by atoms with van der Waals surface area (Å²) in [4.78, 5) is 17.3. The fraction of sp³-hybridized carbons (Fsp3) is 0.300. The van der Waals surface area contributed by atoms with Crippen LogP contribution in [-0.4, -0.2) is 26.2 Å². The summed E-state index contributed by atoms with van der Waals surface area (Å²) in [5.74, 6) is -0.311. The maximum Gasteiger partial charge on any atom is 0.271 e. The van der Waals surface area contributed by atoms with E-state index < -0.39 is 5.54 Å². The van der Waals surface area contributed by atoms with Crippen LogP contribution in [-0.2, 0) is 0 Å². The van der Waals surface area contributed by atoms with Gasteiger partial charge in [0.2, 0.25) is 0 Å². The first kappa shape index (κ1) is 16.3. The van der Waals surface area contributed by atoms with Gasteiger partial charge in [-0.05, 0) is 56.9 Å². The van der Waals surface area contributed by atoms with Gasteiger partial charge in [0.1, 0.15) is 11.2 Å². The van der Waals surface area contributed by atoms with Crippen LogP contribution in [0.1, 0.15) is 41.9 Å². The van der Waals surface area contributed by atoms with Crippen LogP contribution in [0.5, 0.6) is 0 Å². The summed E-state index contributed by atoms with van der Waals surface area (Å²) in [6.45, 7) is 1.92. The summed E-state index contributed by atoms with van der Waals surface area (Å²) in [7, 11) is 0. The van der Waals surface area contributed by atoms with Gasteiger partial charge in [0.05, 0.1) is 17.5 Å². The Kier molecular flexibility index (Phi) is 3.92. The van der Waals surface area contributed by atoms with E-state index in [1.165, 1.54) is 0 Å². The maximum absolute atomic E-state index is 12.7. The molecule has 0 unspecified atom stereocenters. The topological polar surface area (TPSA) is 83.6 Å². The van der Waals surface area contributed by atoms with Gasteiger partial charge in [-0.1, -0.05) is 18.2 Å². The third kappa shape index (κ3) is 2.72. The van der Waals surface area contributed by atoms with Gasteiger partial charge in [0.15, 0.2) is 5.65 Å². The number of nitriles is 1. The molecule has 0 saturated heterocycles. The average molecular weight is 345 g/mol. The van der Waals surface area contributed by atoms with Crippen molar-refractivity contribution in [2.24, 2.45) is 0 Å². The van der Waals surface area contributed by atoms with Gasteiger partial charge in [-0.2, -0.15) is 10.4 Å². The Hall–Kier alpha value is -3.20. The molecule has 0 radical (unpaired) electrons. The number of para-hydroxylation sites is 1. The Morgan fingerprint density at radius 2 is 1.92 bits per heavy atom. The van der Waals surface area contributed by atoms with E-state index in [1.807, 2.05) is 43.3 Å². The van der Waals surface area contributed by atoms with Crippen LogP contribution >= 0.6 is 0 Å². The molecular weight excluding hydrogens is 326 g/mol. The molecule has 0 aliphatic heterocycles. The summed E-state index contributed by atoms with van der Waals surface area (Å²) < 4.78 is 1.75. The van der Waals surface area contributed by atoms with E-state index in [4.69, 9.17) is 0 Å². The molecule has 4 rings (SSSR count). The number of carbonyl (C=O) groups is 1. The van der Waals surface area contributed by atoms with Crippen LogP contribution in [0.2, 0.25) is 0 Å². The summed E-state index contributed by atoms with van der Waals surface area (Å²) in [5.41, 5.74) is 1.92. The Morgan fingerprint density at radius 3 is 2.62 bits per heavy atom. The van der Waals surface area contributed by atoms with Gasteiger partial charge in [-0.3, -0.25) is 4.79 Å². The predicted octanol–water partition coefficient (Wildman–Crippen LogP) is 3.30. The molecule has 1 aromatic carbocycles. The first-order chi connectivity index (χ1) is 12.6. The van der Waals surface area contributed by atoms with Crippen LogP contribution in [0.4, 0.5) is 0 Å². The van der Waals surface area contributed by atoms with Crippen LogP contribution < -0.4 is 5.32 Å². The minimum absolute atomic E-state index is 0.302. The lowest BCUT2D eigenvalue weighted by Crippen LogP contribution is -2.45. The number of aromatic nitrogens is 3. The number of amides is 1. The minimum atomic E-state index is -0.761. The number of pyridine rings is 1. The summed E-state index contributed by atoms with van der Waals surface area (Å²) in [5, 5.41) is 17.8. The second-order valence-corrected chi connectivity index (χ2v) is 6.76. The molecule has 1 aliphatic rings. The van der Waals surface area contributed by atoms with E-state index in [-0.39, 0.29) is 5.91 Å². The van der Waals surface area contributed by atoms with E-state index in [2.05, 4.69) is 21.5 Å². The number of aryl methyl sites for hydroxylation is 1. The highest BCUT2D eigenvalue weighted by molar-refractivity contribution is 5.95. The second-order valence-electron chi connectivity index (χ2n) is 6.76. The molecular formula is C20H19N5O. The molecule has 1 saturated carbocycles. The minimum Gasteiger partial charge on any atom is -0.332 e. The van der Waals surface area contributed by atoms with Crippen molar-refractivity contribution in [3.8, 4) is 11.8 Å². The van der Waals surface area contributed by atoms with Gasteiger partial charge in [0.25, 0.3) is 5.91 Å². The number of rotatable bonds is 3. The lowest BCUT2D eigenvalue weighted by Gasteiger charge is -2.21. The van der Waals surface area contributed by atoms with Crippen molar-refractivity contribution in [3.05, 3.63) is 53.9 Å². The standard InChI is InChI=1S/C20H19N5O/c1-14-16-9-10-17(19(26)23-20(13-21)11-5-6-12-20)22-18(16)25(24-14)15-7-3-2-4-8-15/h2-4,7-10H,5-6,11-12H2,1H3,(H,23,26). The van der Waals surface area contributed by atoms with Gasteiger partial charge < -0.3 is 5.32 Å². The molecule has 2 aromatic heterocycles. The van der Waals surface area contributed by atoms with E-state index in [1.54, 1.807) is 10.7 Å². The third-order valence-electron chi connectivity index (χ3n) is 4.97. The fourth-order valence-electron chi connectivity index (χ4n) is 3.54. The number of hydrogen-bond acceptors (Lipinski definition) is 4. The summed E-state index contributed by atoms with van der Waals surface area (Å²) >= 11 is 0. The zero-order valence-corrected chi connectivity index (χ0v) is 14.6. The molecule has 0 spiro atoms. The van der Waals surface area contributed by atoms with Crippen LogP contribution in [0.15, 0.2) is 42.5 Å². The number of benzene rings is 1. The monoisotopic (exact) mass is 345 g/mol. The number of hydrogen-bond donors (Lipinski definition) is 1. The SMILES string of the molecule is Cc1nn(-c2ccccc2)c2nc(C(=O)NC3(C#N)CCCC3)ccc12. The first-order valence-corrected chi connectivity index (χ1v) is 8.77. The molecule has 1 N–H and O–H groups in total. The molecule has 1 fully saturated rings. The smallest absolute Gasteiger partial charge is 0.271 e. The van der Waals surface area contributed by atoms with Crippen molar-refractivity contribution in [3.63, 3.8) is 0 Å². The van der Waals surface area contributed by atoms with Crippen molar-refractivity contribution in [1.29, 1.82) is 5.26 Å². The summed E-state index contributed by atoms with van der Waals surface area (Å²) in [6, 6.07) is 15.6. The molecule has 6 heteroatoms. The number of nitrogens with one attached hydrogen (secondary N) is 1. The lowest BCUT2D eigenvalue weighted by atomic mass is 9.99. The Morgan fingerprint density at radius 1 is 1.19 bits per heavy atom. The molecule has 1 aliphatic carbocycles. The van der Waals surface area contributed by atoms with Gasteiger partial charge in [0, 0.05) is 5.39 Å². The van der Waals surface area contributed by atoms with E-state index >= 15 is 0 Å². The number of fused-ring (bicyclic) bond motifs is 1. The largest absolute Gasteiger partial charge is 0.332 e. The van der Waals surface area contributed by atoms with Crippen molar-refractivity contribution in [2.75, 3.05) is 0 Å². The maximum atomic E-state index is 12.7. The highest BCUT2D eigenvalue weighted by atomic mass is 16.2. The molecule has 0 atom stereocenters. The highest BCUT2D eigenvalue weighted by Crippen LogP contribution is 2.29. The van der Waals surface area contributed by atoms with E-state index in [9.17, 15) is 10.1 Å². The van der Waals surface area contributed by atoms with Crippen molar-refractivity contribution < 1.29 is 4.79 Å². The van der Waals surface area contributed by atoms with Crippen LogP contribution in [0.3, 0.4) is 0 Å². The van der Waals surface area contributed by atoms with Gasteiger partial charge in [-0.15, -0.1) is 0 Å². The Balaban J connectivity index is 1.73. The third-order valence-corrected chi connectivity index (χ3v) is 4.97. The Labute approximate surface area is 151 Å². The van der Waals surface area contributed by atoms with E-state index in [0.29, 0.717) is 24.2 Å². The zero-order valence-electron chi connectivity index (χ0n) is 14.6. The zero-order chi connectivity index (χ0) is 18.1. The van der Waals surface area contributed by atoms with Crippen LogP contribution in [0, 0.1) is 18.3 Å². The normalized spacial score (nSPS) is 15.7. The lowest BCUT2D eigenvalue weighted by molar-refractivity contribution is 0.0916. The first-order valence-electron chi connectivity index (χ1n) is 8.77. The van der Waals surface area contributed by atoms with Crippen molar-refractivity contribution >= 4 is 16.9 Å². The molecule has 26 heavy (non-hydrogen) atoms. The van der Waals surface area contributed by atoms with E-state index in [0.717, 1.165) is 29.6 Å². The molecule has 3 aromatic rings. The molecule has 2 heterocycles. The quantitative estimate of drug-likeness (QED) is 0.789. The average Bonchev–Trinajstić information content (AvgIpc) is 3.27. The second kappa shape index (κ2) is 6.26. The van der Waals surface area contributed by atoms with Gasteiger partial charge in [-0.25, -0.2) is 9.67 Å². The summed E-state index contributed by atoms with van der Waals surface area (Å²) in [6.07, 6.45) is 3.30.